The van der Waals surface area contributed by atoms with Crippen molar-refractivity contribution in [3.05, 3.63) is 42.0 Å². The predicted octanol–water partition coefficient (Wildman–Crippen LogP) is 7.84. The summed E-state index contributed by atoms with van der Waals surface area (Å²) >= 11 is 0. The van der Waals surface area contributed by atoms with Crippen LogP contribution in [0.25, 0.3) is 0 Å². The number of fused-ring (bicyclic) bond motifs is 1. The molecule has 196 valence electrons. The van der Waals surface area contributed by atoms with Crippen LogP contribution >= 0.6 is 0 Å². The summed E-state index contributed by atoms with van der Waals surface area (Å²) in [6.45, 7) is 6.40. The molecule has 0 aromatic heterocycles. The molecule has 0 spiro atoms. The number of carbonyl (C=O) groups excluding carboxylic acids is 1. The largest absolute Gasteiger partial charge is 0.507 e. The summed E-state index contributed by atoms with van der Waals surface area (Å²) in [6, 6.07) is 3.38. The molecule has 0 saturated heterocycles. The van der Waals surface area contributed by atoms with Crippen molar-refractivity contribution in [2.75, 3.05) is 6.61 Å². The summed E-state index contributed by atoms with van der Waals surface area (Å²) in [5.74, 6) is 1.11. The fourth-order valence-electron chi connectivity index (χ4n) is 4.15. The maximum absolute atomic E-state index is 12.2. The zero-order chi connectivity index (χ0) is 25.3. The number of ether oxygens (including phenoxy) is 3. The van der Waals surface area contributed by atoms with Gasteiger partial charge in [-0.2, -0.15) is 0 Å². The number of aromatic hydroxyl groups is 1. The highest BCUT2D eigenvalue weighted by Crippen LogP contribution is 2.37. The van der Waals surface area contributed by atoms with Crippen LogP contribution < -0.4 is 9.47 Å². The van der Waals surface area contributed by atoms with Crippen LogP contribution in [0.5, 0.6) is 17.2 Å². The van der Waals surface area contributed by atoms with Crippen LogP contribution in [0, 0.1) is 0 Å². The Morgan fingerprint density at radius 2 is 1.71 bits per heavy atom. The van der Waals surface area contributed by atoms with Crippen molar-refractivity contribution in [2.45, 2.75) is 116 Å². The van der Waals surface area contributed by atoms with Gasteiger partial charge >= 0.3 is 5.97 Å². The zero-order valence-corrected chi connectivity index (χ0v) is 22.1. The molecule has 5 nitrogen and oxygen atoms in total. The molecule has 0 radical (unpaired) electrons. The Labute approximate surface area is 212 Å². The SMILES string of the molecule is CCCCC/C=C\C/C=C\CCCCCCCC(=O)OC1COc2cc(OC(C)C)cc(O)c2C1. The van der Waals surface area contributed by atoms with Gasteiger partial charge in [0.25, 0.3) is 0 Å². The molecule has 1 unspecified atom stereocenters. The first-order valence-corrected chi connectivity index (χ1v) is 13.6. The number of allylic oxidation sites excluding steroid dienone is 4. The van der Waals surface area contributed by atoms with Gasteiger partial charge in [-0.3, -0.25) is 4.79 Å². The zero-order valence-electron chi connectivity index (χ0n) is 22.1. The number of esters is 1. The molecule has 0 saturated carbocycles. The Kier molecular flexibility index (Phi) is 14.1. The molecule has 2 rings (SSSR count). The van der Waals surface area contributed by atoms with Crippen LogP contribution in [0.1, 0.15) is 103 Å². The molecule has 1 aliphatic rings. The van der Waals surface area contributed by atoms with Gasteiger partial charge in [0.2, 0.25) is 0 Å². The van der Waals surface area contributed by atoms with E-state index in [2.05, 4.69) is 31.2 Å². The molecule has 0 bridgehead atoms. The second kappa shape index (κ2) is 17.1. The molecule has 0 fully saturated rings. The molecule has 5 heteroatoms. The molecule has 1 aliphatic heterocycles. The van der Waals surface area contributed by atoms with Gasteiger partial charge in [-0.15, -0.1) is 0 Å². The Morgan fingerprint density at radius 3 is 2.43 bits per heavy atom. The Hall–Kier alpha value is -2.43. The van der Waals surface area contributed by atoms with E-state index in [1.165, 1.54) is 38.5 Å². The van der Waals surface area contributed by atoms with Crippen LogP contribution in [0.2, 0.25) is 0 Å². The third kappa shape index (κ3) is 12.2. The molecule has 35 heavy (non-hydrogen) atoms. The third-order valence-corrected chi connectivity index (χ3v) is 6.02. The molecule has 1 N–H and O–H groups in total. The van der Waals surface area contributed by atoms with Gasteiger partial charge in [-0.1, -0.05) is 63.3 Å². The standard InChI is InChI=1S/C30H46O5/c1-4-5-6-7-8-9-10-11-12-13-14-15-16-17-18-19-30(32)35-26-20-27-28(31)21-25(34-24(2)3)22-29(27)33-23-26/h8-9,11-12,21-22,24,26,31H,4-7,10,13-20,23H2,1-3H3/b9-8-,12-11-. The average Bonchev–Trinajstić information content (AvgIpc) is 2.81. The lowest BCUT2D eigenvalue weighted by Gasteiger charge is -2.26. The Morgan fingerprint density at radius 1 is 1.03 bits per heavy atom. The van der Waals surface area contributed by atoms with Gasteiger partial charge in [-0.25, -0.2) is 0 Å². The number of hydrogen-bond acceptors (Lipinski definition) is 5. The van der Waals surface area contributed by atoms with E-state index in [0.29, 0.717) is 36.5 Å². The first-order valence-electron chi connectivity index (χ1n) is 13.6. The summed E-state index contributed by atoms with van der Waals surface area (Å²) in [6.07, 6.45) is 22.4. The van der Waals surface area contributed by atoms with Gasteiger partial charge in [0.15, 0.2) is 0 Å². The second-order valence-corrected chi connectivity index (χ2v) is 9.69. The summed E-state index contributed by atoms with van der Waals surface area (Å²) in [5.41, 5.74) is 0.669. The van der Waals surface area contributed by atoms with Crippen molar-refractivity contribution in [1.82, 2.24) is 0 Å². The molecular weight excluding hydrogens is 440 g/mol. The predicted molar refractivity (Wildman–Crippen MR) is 142 cm³/mol. The summed E-state index contributed by atoms with van der Waals surface area (Å²) < 4.78 is 17.0. The van der Waals surface area contributed by atoms with Gasteiger partial charge in [-0.05, 0) is 52.4 Å². The maximum atomic E-state index is 12.2. The van der Waals surface area contributed by atoms with Gasteiger partial charge in [0, 0.05) is 30.5 Å². The fourth-order valence-corrected chi connectivity index (χ4v) is 4.15. The minimum absolute atomic E-state index is 0.0129. The van der Waals surface area contributed by atoms with Crippen LogP contribution in [0.4, 0.5) is 0 Å². The van der Waals surface area contributed by atoms with E-state index in [-0.39, 0.29) is 23.9 Å². The highest BCUT2D eigenvalue weighted by molar-refractivity contribution is 5.69. The number of phenols is 1. The Bertz CT molecular complexity index is 796. The van der Waals surface area contributed by atoms with Crippen LogP contribution in [0.15, 0.2) is 36.4 Å². The maximum Gasteiger partial charge on any atom is 0.306 e. The number of benzene rings is 1. The molecular formula is C30H46O5. The van der Waals surface area contributed by atoms with E-state index < -0.39 is 0 Å². The quantitative estimate of drug-likeness (QED) is 0.138. The van der Waals surface area contributed by atoms with E-state index in [9.17, 15) is 9.90 Å². The second-order valence-electron chi connectivity index (χ2n) is 9.69. The van der Waals surface area contributed by atoms with Crippen molar-refractivity contribution in [2.24, 2.45) is 0 Å². The molecule has 0 aliphatic carbocycles. The van der Waals surface area contributed by atoms with E-state index in [4.69, 9.17) is 14.2 Å². The molecule has 1 aromatic rings. The first kappa shape index (κ1) is 28.8. The summed E-state index contributed by atoms with van der Waals surface area (Å²) in [7, 11) is 0. The van der Waals surface area contributed by atoms with E-state index in [1.807, 2.05) is 13.8 Å². The average molecular weight is 487 g/mol. The van der Waals surface area contributed by atoms with Crippen molar-refractivity contribution in [3.63, 3.8) is 0 Å². The van der Waals surface area contributed by atoms with Crippen molar-refractivity contribution >= 4 is 5.97 Å². The van der Waals surface area contributed by atoms with Gasteiger partial charge < -0.3 is 19.3 Å². The molecule has 0 amide bonds. The number of rotatable bonds is 17. The van der Waals surface area contributed by atoms with Gasteiger partial charge in [0.05, 0.1) is 6.10 Å². The minimum atomic E-state index is -0.365. The van der Waals surface area contributed by atoms with Crippen molar-refractivity contribution < 1.29 is 24.1 Å². The minimum Gasteiger partial charge on any atom is -0.507 e. The van der Waals surface area contributed by atoms with E-state index >= 15 is 0 Å². The lowest BCUT2D eigenvalue weighted by molar-refractivity contribution is -0.151. The molecule has 1 aromatic carbocycles. The highest BCUT2D eigenvalue weighted by atomic mass is 16.6. The normalized spacial score (nSPS) is 15.5. The van der Waals surface area contributed by atoms with Gasteiger partial charge in [0.1, 0.15) is 30.0 Å². The topological polar surface area (TPSA) is 65.0 Å². The molecule has 1 heterocycles. The smallest absolute Gasteiger partial charge is 0.306 e. The van der Waals surface area contributed by atoms with Crippen LogP contribution in [0.3, 0.4) is 0 Å². The summed E-state index contributed by atoms with van der Waals surface area (Å²) in [4.78, 5) is 12.2. The lowest BCUT2D eigenvalue weighted by Crippen LogP contribution is -2.31. The van der Waals surface area contributed by atoms with Crippen LogP contribution in [-0.2, 0) is 16.0 Å². The molecule has 1 atom stereocenters. The van der Waals surface area contributed by atoms with Crippen LogP contribution in [-0.4, -0.2) is 29.9 Å². The number of unbranched alkanes of at least 4 members (excludes halogenated alkanes) is 8. The highest BCUT2D eigenvalue weighted by Gasteiger charge is 2.26. The van der Waals surface area contributed by atoms with Crippen molar-refractivity contribution in [1.29, 1.82) is 0 Å². The third-order valence-electron chi connectivity index (χ3n) is 6.02. The Balaban J connectivity index is 1.52. The van der Waals surface area contributed by atoms with E-state index in [1.54, 1.807) is 12.1 Å². The number of hydrogen-bond donors (Lipinski definition) is 1. The van der Waals surface area contributed by atoms with Crippen molar-refractivity contribution in [3.8, 4) is 17.2 Å². The fraction of sp³-hybridized carbons (Fsp3) is 0.633. The number of phenolic OH excluding ortho intramolecular Hbond substituents is 1. The summed E-state index contributed by atoms with van der Waals surface area (Å²) in [5, 5.41) is 10.3. The monoisotopic (exact) mass is 486 g/mol. The lowest BCUT2D eigenvalue weighted by atomic mass is 10.0. The first-order chi connectivity index (χ1) is 17.0. The number of carbonyl (C=O) groups is 1. The van der Waals surface area contributed by atoms with E-state index in [0.717, 1.165) is 32.1 Å².